The summed E-state index contributed by atoms with van der Waals surface area (Å²) in [4.78, 5) is 13.7. The average molecular weight is 403 g/mol. The van der Waals surface area contributed by atoms with Gasteiger partial charge < -0.3 is 15.4 Å². The lowest BCUT2D eigenvalue weighted by atomic mass is 9.88. The number of anilines is 2. The highest BCUT2D eigenvalue weighted by Crippen LogP contribution is 2.40. The number of methoxy groups -OCH3 is 1. The van der Waals surface area contributed by atoms with Gasteiger partial charge in [0.1, 0.15) is 5.00 Å². The Morgan fingerprint density at radius 2 is 2.04 bits per heavy atom. The molecule has 1 aromatic carbocycles. The number of carbonyl (C=O) groups is 1. The van der Waals surface area contributed by atoms with Gasteiger partial charge in [0, 0.05) is 10.6 Å². The Morgan fingerprint density at radius 3 is 2.74 bits per heavy atom. The van der Waals surface area contributed by atoms with E-state index in [-0.39, 0.29) is 5.97 Å². The number of nitrogens with one attached hydrogen (secondary N) is 2. The van der Waals surface area contributed by atoms with Crippen LogP contribution in [0, 0.1) is 5.92 Å². The standard InChI is InChI=1S/C21H26N2O2S2/c1-12(2)14-7-5-6-8-16(14)22-21(26)23-19-18(20(24)25-4)15-10-9-13(3)11-17(15)27-19/h5-8,12-13H,9-11H2,1-4H3,(H2,22,23,26). The van der Waals surface area contributed by atoms with Crippen molar-refractivity contribution in [2.45, 2.75) is 46.0 Å². The Bertz CT molecular complexity index is 858. The van der Waals surface area contributed by atoms with E-state index in [1.165, 1.54) is 17.6 Å². The van der Waals surface area contributed by atoms with Crippen LogP contribution < -0.4 is 10.6 Å². The van der Waals surface area contributed by atoms with Gasteiger partial charge in [-0.25, -0.2) is 4.79 Å². The molecule has 4 nitrogen and oxygen atoms in total. The van der Waals surface area contributed by atoms with Crippen LogP contribution in [0.3, 0.4) is 0 Å². The van der Waals surface area contributed by atoms with Crippen LogP contribution in [0.15, 0.2) is 24.3 Å². The number of benzene rings is 1. The van der Waals surface area contributed by atoms with E-state index in [1.54, 1.807) is 11.3 Å². The molecule has 0 amide bonds. The Morgan fingerprint density at radius 1 is 1.30 bits per heavy atom. The summed E-state index contributed by atoms with van der Waals surface area (Å²) in [7, 11) is 1.43. The summed E-state index contributed by atoms with van der Waals surface area (Å²) in [6.07, 6.45) is 3.01. The van der Waals surface area contributed by atoms with Crippen molar-refractivity contribution in [1.29, 1.82) is 0 Å². The van der Waals surface area contributed by atoms with E-state index in [2.05, 4.69) is 37.5 Å². The molecule has 1 aromatic heterocycles. The zero-order valence-corrected chi connectivity index (χ0v) is 17.9. The van der Waals surface area contributed by atoms with Crippen molar-refractivity contribution in [3.05, 3.63) is 45.8 Å². The average Bonchev–Trinajstić information content (AvgIpc) is 2.97. The van der Waals surface area contributed by atoms with E-state index in [0.29, 0.717) is 22.5 Å². The highest BCUT2D eigenvalue weighted by atomic mass is 32.1. The molecule has 27 heavy (non-hydrogen) atoms. The van der Waals surface area contributed by atoms with Gasteiger partial charge in [0.05, 0.1) is 12.7 Å². The molecule has 0 saturated carbocycles. The van der Waals surface area contributed by atoms with Crippen LogP contribution in [0.2, 0.25) is 0 Å². The fourth-order valence-electron chi connectivity index (χ4n) is 3.53. The SMILES string of the molecule is COC(=O)c1c(NC(=S)Nc2ccccc2C(C)C)sc2c1CCC(C)C2. The second kappa shape index (κ2) is 8.40. The molecule has 0 bridgehead atoms. The molecule has 144 valence electrons. The fraction of sp³-hybridized carbons (Fsp3) is 0.429. The van der Waals surface area contributed by atoms with Crippen molar-refractivity contribution in [1.82, 2.24) is 0 Å². The number of para-hydroxylation sites is 1. The third kappa shape index (κ3) is 4.33. The highest BCUT2D eigenvalue weighted by molar-refractivity contribution is 7.80. The minimum atomic E-state index is -0.296. The summed E-state index contributed by atoms with van der Waals surface area (Å²) >= 11 is 7.16. The number of hydrogen-bond donors (Lipinski definition) is 2. The second-order valence-electron chi connectivity index (χ2n) is 7.37. The van der Waals surface area contributed by atoms with Gasteiger partial charge in [0.15, 0.2) is 5.11 Å². The number of ether oxygens (including phenoxy) is 1. The first kappa shape index (κ1) is 19.8. The third-order valence-corrected chi connectivity index (χ3v) is 6.33. The van der Waals surface area contributed by atoms with E-state index >= 15 is 0 Å². The first-order chi connectivity index (χ1) is 12.9. The maximum atomic E-state index is 12.4. The molecule has 0 spiro atoms. The van der Waals surface area contributed by atoms with Crippen molar-refractivity contribution in [2.24, 2.45) is 5.92 Å². The molecule has 1 unspecified atom stereocenters. The van der Waals surface area contributed by atoms with Gasteiger partial charge in [-0.05, 0) is 60.5 Å². The van der Waals surface area contributed by atoms with E-state index in [0.717, 1.165) is 35.5 Å². The first-order valence-electron chi connectivity index (χ1n) is 9.30. The molecule has 1 heterocycles. The molecule has 1 aliphatic rings. The summed E-state index contributed by atoms with van der Waals surface area (Å²) < 4.78 is 5.04. The topological polar surface area (TPSA) is 50.4 Å². The van der Waals surface area contributed by atoms with Crippen LogP contribution in [-0.4, -0.2) is 18.2 Å². The minimum absolute atomic E-state index is 0.296. The zero-order chi connectivity index (χ0) is 19.6. The maximum Gasteiger partial charge on any atom is 0.341 e. The predicted octanol–water partition coefficient (Wildman–Crippen LogP) is 5.59. The summed E-state index contributed by atoms with van der Waals surface area (Å²) in [5.74, 6) is 0.727. The lowest BCUT2D eigenvalue weighted by Gasteiger charge is -2.18. The molecule has 2 aromatic rings. The molecular weight excluding hydrogens is 376 g/mol. The monoisotopic (exact) mass is 402 g/mol. The molecule has 1 aliphatic carbocycles. The van der Waals surface area contributed by atoms with Crippen molar-refractivity contribution >= 4 is 45.3 Å². The largest absolute Gasteiger partial charge is 0.465 e. The lowest BCUT2D eigenvalue weighted by Crippen LogP contribution is -2.21. The number of rotatable bonds is 4. The zero-order valence-electron chi connectivity index (χ0n) is 16.2. The Hall–Kier alpha value is -1.92. The number of thiophene rings is 1. The molecule has 0 fully saturated rings. The lowest BCUT2D eigenvalue weighted by molar-refractivity contribution is 0.0601. The van der Waals surface area contributed by atoms with Gasteiger partial charge >= 0.3 is 5.97 Å². The number of thiocarbonyl (C=S) groups is 1. The van der Waals surface area contributed by atoms with Crippen molar-refractivity contribution in [3.63, 3.8) is 0 Å². The summed E-state index contributed by atoms with van der Waals surface area (Å²) in [5.41, 5.74) is 3.96. The summed E-state index contributed by atoms with van der Waals surface area (Å²) in [5, 5.41) is 7.80. The third-order valence-electron chi connectivity index (χ3n) is 4.96. The molecule has 1 atom stereocenters. The van der Waals surface area contributed by atoms with E-state index in [9.17, 15) is 4.79 Å². The Labute approximate surface area is 170 Å². The molecule has 0 saturated heterocycles. The van der Waals surface area contributed by atoms with Gasteiger partial charge in [0.2, 0.25) is 0 Å². The molecular formula is C21H26N2O2S2. The number of hydrogen-bond acceptors (Lipinski definition) is 4. The molecule has 2 N–H and O–H groups in total. The fourth-order valence-corrected chi connectivity index (χ4v) is 5.21. The number of fused-ring (bicyclic) bond motifs is 1. The highest BCUT2D eigenvalue weighted by Gasteiger charge is 2.28. The van der Waals surface area contributed by atoms with Crippen LogP contribution >= 0.6 is 23.6 Å². The Kier molecular flexibility index (Phi) is 6.17. The van der Waals surface area contributed by atoms with Gasteiger partial charge in [-0.3, -0.25) is 0 Å². The van der Waals surface area contributed by atoms with Crippen molar-refractivity contribution in [2.75, 3.05) is 17.7 Å². The normalized spacial score (nSPS) is 16.0. The maximum absolute atomic E-state index is 12.4. The van der Waals surface area contributed by atoms with Crippen LogP contribution in [0.5, 0.6) is 0 Å². The van der Waals surface area contributed by atoms with E-state index < -0.39 is 0 Å². The molecule has 0 aliphatic heterocycles. The van der Waals surface area contributed by atoms with Crippen LogP contribution in [0.25, 0.3) is 0 Å². The van der Waals surface area contributed by atoms with E-state index in [1.807, 2.05) is 18.2 Å². The summed E-state index contributed by atoms with van der Waals surface area (Å²) in [6.45, 7) is 6.56. The predicted molar refractivity (Wildman–Crippen MR) is 117 cm³/mol. The molecule has 3 rings (SSSR count). The quantitative estimate of drug-likeness (QED) is 0.515. The second-order valence-corrected chi connectivity index (χ2v) is 8.88. The van der Waals surface area contributed by atoms with Crippen LogP contribution in [0.1, 0.15) is 59.5 Å². The minimum Gasteiger partial charge on any atom is -0.465 e. The van der Waals surface area contributed by atoms with Gasteiger partial charge in [-0.2, -0.15) is 0 Å². The molecule has 0 radical (unpaired) electrons. The molecule has 6 heteroatoms. The van der Waals surface area contributed by atoms with E-state index in [4.69, 9.17) is 17.0 Å². The van der Waals surface area contributed by atoms with Crippen molar-refractivity contribution in [3.8, 4) is 0 Å². The first-order valence-corrected chi connectivity index (χ1v) is 10.5. The summed E-state index contributed by atoms with van der Waals surface area (Å²) in [6, 6.07) is 8.13. The smallest absolute Gasteiger partial charge is 0.341 e. The number of carbonyl (C=O) groups excluding carboxylic acids is 1. The van der Waals surface area contributed by atoms with Gasteiger partial charge in [-0.1, -0.05) is 39.0 Å². The van der Waals surface area contributed by atoms with Crippen LogP contribution in [0.4, 0.5) is 10.7 Å². The van der Waals surface area contributed by atoms with Crippen LogP contribution in [-0.2, 0) is 17.6 Å². The van der Waals surface area contributed by atoms with Crippen molar-refractivity contribution < 1.29 is 9.53 Å². The van der Waals surface area contributed by atoms with Gasteiger partial charge in [-0.15, -0.1) is 11.3 Å². The Balaban J connectivity index is 1.85. The van der Waals surface area contributed by atoms with Gasteiger partial charge in [0.25, 0.3) is 0 Å². The number of esters is 1.